The third kappa shape index (κ3) is 8.82. The van der Waals surface area contributed by atoms with Crippen LogP contribution in [0.4, 0.5) is 13.2 Å². The highest BCUT2D eigenvalue weighted by molar-refractivity contribution is 6.36. The number of fused-ring (bicyclic) bond motifs is 1. The van der Waals surface area contributed by atoms with Gasteiger partial charge in [0.1, 0.15) is 11.7 Å². The van der Waals surface area contributed by atoms with Crippen molar-refractivity contribution in [1.29, 1.82) is 0 Å². The van der Waals surface area contributed by atoms with Crippen molar-refractivity contribution in [2.75, 3.05) is 34.9 Å². The van der Waals surface area contributed by atoms with E-state index >= 15 is 0 Å². The Morgan fingerprint density at radius 1 is 0.945 bits per heavy atom. The Morgan fingerprint density at radius 3 is 2.35 bits per heavy atom. The maximum absolute atomic E-state index is 14.5. The molecule has 0 spiro atoms. The first-order valence-corrected chi connectivity index (χ1v) is 18.4. The molecular formula is C40H44ClF3N6O5. The number of amides is 2. The zero-order valence-electron chi connectivity index (χ0n) is 31.3. The minimum Gasteiger partial charge on any atom is -0.481 e. The molecule has 3 N–H and O–H groups in total. The van der Waals surface area contributed by atoms with Gasteiger partial charge in [0.2, 0.25) is 29.5 Å². The van der Waals surface area contributed by atoms with Crippen LogP contribution in [0.5, 0.6) is 17.6 Å². The van der Waals surface area contributed by atoms with Crippen LogP contribution in [-0.2, 0) is 35.3 Å². The van der Waals surface area contributed by atoms with Gasteiger partial charge in [-0.25, -0.2) is 4.98 Å². The fourth-order valence-electron chi connectivity index (χ4n) is 7.06. The molecular weight excluding hydrogens is 737 g/mol. The van der Waals surface area contributed by atoms with Crippen molar-refractivity contribution in [2.24, 2.45) is 0 Å². The summed E-state index contributed by atoms with van der Waals surface area (Å²) < 4.78 is 60.6. The topological polar surface area (TPSA) is 127 Å². The molecule has 15 heteroatoms. The van der Waals surface area contributed by atoms with Crippen LogP contribution in [0.1, 0.15) is 60.1 Å². The number of carbonyl (C=O) groups excluding carboxylic acids is 2. The first-order chi connectivity index (χ1) is 26.3. The summed E-state index contributed by atoms with van der Waals surface area (Å²) in [6.45, 7) is 2.69. The second-order valence-corrected chi connectivity index (χ2v) is 14.2. The third-order valence-corrected chi connectivity index (χ3v) is 10.3. The molecule has 3 atom stereocenters. The van der Waals surface area contributed by atoms with Gasteiger partial charge in [-0.3, -0.25) is 9.59 Å². The van der Waals surface area contributed by atoms with Crippen LogP contribution in [-0.4, -0.2) is 73.6 Å². The number of halogens is 4. The largest absolute Gasteiger partial charge is 0.481 e. The summed E-state index contributed by atoms with van der Waals surface area (Å²) in [6.07, 6.45) is -3.20. The van der Waals surface area contributed by atoms with Crippen LogP contribution in [0, 0.1) is 0 Å². The molecule has 0 radical (unpaired) electrons. The molecule has 2 amide bonds. The molecule has 1 aliphatic carbocycles. The smallest absolute Gasteiger partial charge is 0.421 e. The average Bonchev–Trinajstić information content (AvgIpc) is 3.78. The predicted molar refractivity (Wildman–Crippen MR) is 202 cm³/mol. The Hall–Kier alpha value is -4.92. The zero-order chi connectivity index (χ0) is 39.4. The number of ether oxygens (including phenoxy) is 3. The van der Waals surface area contributed by atoms with E-state index in [1.807, 2.05) is 48.5 Å². The lowest BCUT2D eigenvalue weighted by Gasteiger charge is -2.22. The van der Waals surface area contributed by atoms with E-state index in [2.05, 4.69) is 20.9 Å². The summed E-state index contributed by atoms with van der Waals surface area (Å²) in [4.78, 5) is 34.2. The molecule has 0 bridgehead atoms. The zero-order valence-corrected chi connectivity index (χ0v) is 32.0. The first kappa shape index (κ1) is 39.8. The third-order valence-electron chi connectivity index (χ3n) is 9.89. The summed E-state index contributed by atoms with van der Waals surface area (Å²) in [7, 11) is 6.08. The predicted octanol–water partition coefficient (Wildman–Crippen LogP) is 6.50. The van der Waals surface area contributed by atoms with Crippen LogP contribution in [0.3, 0.4) is 0 Å². The van der Waals surface area contributed by atoms with Gasteiger partial charge < -0.3 is 35.1 Å². The van der Waals surface area contributed by atoms with Gasteiger partial charge in [0.25, 0.3) is 0 Å². The lowest BCUT2D eigenvalue weighted by atomic mass is 9.94. The fraction of sp³-hybridized carbons (Fsp3) is 0.400. The van der Waals surface area contributed by atoms with Crippen LogP contribution in [0.25, 0.3) is 22.4 Å². The maximum Gasteiger partial charge on any atom is 0.421 e. The number of carbonyl (C=O) groups is 2. The van der Waals surface area contributed by atoms with Gasteiger partial charge >= 0.3 is 6.18 Å². The van der Waals surface area contributed by atoms with E-state index < -0.39 is 29.8 Å². The minimum absolute atomic E-state index is 0.0378. The van der Waals surface area contributed by atoms with Crippen molar-refractivity contribution in [3.8, 4) is 40.0 Å². The Balaban J connectivity index is 1.24. The van der Waals surface area contributed by atoms with Crippen molar-refractivity contribution in [3.63, 3.8) is 0 Å². The summed E-state index contributed by atoms with van der Waals surface area (Å²) in [5.74, 6) is -0.330. The standard InChI is InChI=1S/C40H44ClF3N6O5/c1-22(39(52)50(2)3)46-20-24-18-31(40(42,43)44)38(49-37(24)54-5)55-33-16-14-27-26(8-6-9-28(27)33)29-10-7-11-30(35(29)41)32-15-12-23(36(48-32)53-4)19-45-21-25-13-17-34(51)47-25/h6-12,15,18,22,25,33,45-46H,13-14,16-17,19-21H2,1-5H3,(H,47,51)/t22-,25-,33-/m0/s1. The molecule has 55 heavy (non-hydrogen) atoms. The molecule has 1 fully saturated rings. The minimum atomic E-state index is -4.77. The van der Waals surface area contributed by atoms with Crippen LogP contribution < -0.4 is 30.2 Å². The lowest BCUT2D eigenvalue weighted by Crippen LogP contribution is -2.41. The number of aromatic nitrogens is 2. The summed E-state index contributed by atoms with van der Waals surface area (Å²) >= 11 is 7.11. The van der Waals surface area contributed by atoms with Gasteiger partial charge in [0, 0.05) is 68.4 Å². The van der Waals surface area contributed by atoms with E-state index in [1.54, 1.807) is 28.1 Å². The van der Waals surface area contributed by atoms with Gasteiger partial charge in [-0.2, -0.15) is 18.2 Å². The summed E-state index contributed by atoms with van der Waals surface area (Å²) in [5, 5.41) is 9.73. The molecule has 292 valence electrons. The maximum atomic E-state index is 14.5. The van der Waals surface area contributed by atoms with Crippen molar-refractivity contribution < 1.29 is 37.0 Å². The lowest BCUT2D eigenvalue weighted by molar-refractivity contribution is -0.140. The van der Waals surface area contributed by atoms with Gasteiger partial charge in [-0.05, 0) is 55.0 Å². The van der Waals surface area contributed by atoms with Crippen LogP contribution in [0.15, 0.2) is 54.6 Å². The number of hydrogen-bond acceptors (Lipinski definition) is 9. The van der Waals surface area contributed by atoms with Crippen molar-refractivity contribution in [3.05, 3.63) is 87.4 Å². The van der Waals surface area contributed by atoms with E-state index in [0.717, 1.165) is 40.3 Å². The fourth-order valence-corrected chi connectivity index (χ4v) is 7.39. The molecule has 11 nitrogen and oxygen atoms in total. The van der Waals surface area contributed by atoms with Crippen molar-refractivity contribution in [1.82, 2.24) is 30.8 Å². The van der Waals surface area contributed by atoms with Gasteiger partial charge in [-0.1, -0.05) is 54.1 Å². The Kier molecular flexibility index (Phi) is 12.2. The van der Waals surface area contributed by atoms with Crippen LogP contribution >= 0.6 is 11.6 Å². The summed E-state index contributed by atoms with van der Waals surface area (Å²) in [5.41, 5.74) is 4.50. The number of rotatable bonds is 14. The molecule has 0 saturated carbocycles. The highest BCUT2D eigenvalue weighted by atomic mass is 35.5. The van der Waals surface area contributed by atoms with E-state index in [1.165, 1.54) is 12.0 Å². The van der Waals surface area contributed by atoms with Crippen molar-refractivity contribution >= 4 is 23.4 Å². The number of benzene rings is 2. The second-order valence-electron chi connectivity index (χ2n) is 13.8. The molecule has 2 aromatic heterocycles. The summed E-state index contributed by atoms with van der Waals surface area (Å²) in [6, 6.07) is 15.5. The Bertz CT molecular complexity index is 2060. The van der Waals surface area contributed by atoms with E-state index in [0.29, 0.717) is 54.5 Å². The molecule has 3 heterocycles. The first-order valence-electron chi connectivity index (χ1n) is 18.0. The molecule has 4 aromatic rings. The van der Waals surface area contributed by atoms with Gasteiger partial charge in [0.15, 0.2) is 0 Å². The molecule has 1 saturated heterocycles. The Morgan fingerprint density at radius 2 is 1.65 bits per heavy atom. The highest BCUT2D eigenvalue weighted by Crippen LogP contribution is 2.46. The van der Waals surface area contributed by atoms with E-state index in [4.69, 9.17) is 30.8 Å². The van der Waals surface area contributed by atoms with Gasteiger partial charge in [-0.15, -0.1) is 0 Å². The normalized spacial score (nSPS) is 17.1. The molecule has 2 aromatic carbocycles. The second kappa shape index (κ2) is 16.8. The number of methoxy groups -OCH3 is 2. The number of hydrogen-bond donors (Lipinski definition) is 3. The Labute approximate surface area is 322 Å². The SMILES string of the molecule is COc1nc(-c2cccc(-c3cccc4c3CC[C@@H]4Oc3nc(OC)c(CN[C@@H](C)C(=O)N(C)C)cc3C(F)(F)F)c2Cl)ccc1CNC[C@@H]1CCC(=O)N1. The van der Waals surface area contributed by atoms with E-state index in [9.17, 15) is 22.8 Å². The van der Waals surface area contributed by atoms with Gasteiger partial charge in [0.05, 0.1) is 31.0 Å². The molecule has 1 aliphatic heterocycles. The van der Waals surface area contributed by atoms with Crippen LogP contribution in [0.2, 0.25) is 5.02 Å². The van der Waals surface area contributed by atoms with Crippen molar-refractivity contribution in [2.45, 2.75) is 70.1 Å². The molecule has 2 aliphatic rings. The average molecular weight is 781 g/mol. The monoisotopic (exact) mass is 780 g/mol. The molecule has 6 rings (SSSR count). The highest BCUT2D eigenvalue weighted by Gasteiger charge is 2.39. The number of nitrogens with zero attached hydrogens (tertiary/aromatic N) is 3. The number of likely N-dealkylation sites (N-methyl/N-ethyl adjacent to an activating group) is 1. The molecule has 0 unspecified atom stereocenters. The van der Waals surface area contributed by atoms with E-state index in [-0.39, 0.29) is 35.8 Å². The number of alkyl halides is 3. The quantitative estimate of drug-likeness (QED) is 0.132. The number of nitrogens with one attached hydrogen (secondary N) is 3. The number of pyridine rings is 2.